The summed E-state index contributed by atoms with van der Waals surface area (Å²) in [5.41, 5.74) is 1.83. The third kappa shape index (κ3) is 5.57. The molecule has 5 heteroatoms. The molecule has 2 N–H and O–H groups in total. The second-order valence-corrected chi connectivity index (χ2v) is 5.99. The first kappa shape index (κ1) is 17.3. The monoisotopic (exact) mass is 313 g/mol. The van der Waals surface area contributed by atoms with E-state index in [1.165, 1.54) is 13.0 Å². The molecular formula is C18H27N5. The van der Waals surface area contributed by atoms with Gasteiger partial charge in [-0.25, -0.2) is 0 Å². The first-order chi connectivity index (χ1) is 11.2. The van der Waals surface area contributed by atoms with E-state index in [9.17, 15) is 0 Å². The number of aliphatic imine (C=N–C) groups is 1. The van der Waals surface area contributed by atoms with Gasteiger partial charge in [0.1, 0.15) is 0 Å². The lowest BCUT2D eigenvalue weighted by Crippen LogP contribution is -2.48. The molecule has 1 heterocycles. The number of piperidine rings is 1. The lowest BCUT2D eigenvalue weighted by atomic mass is 10.1. The highest BCUT2D eigenvalue weighted by molar-refractivity contribution is 5.79. The molecule has 1 fully saturated rings. The molecule has 23 heavy (non-hydrogen) atoms. The molecule has 1 aliphatic rings. The van der Waals surface area contributed by atoms with E-state index in [4.69, 9.17) is 5.26 Å². The first-order valence-corrected chi connectivity index (χ1v) is 8.43. The number of nitriles is 1. The summed E-state index contributed by atoms with van der Waals surface area (Å²) < 4.78 is 0. The Labute approximate surface area is 139 Å². The smallest absolute Gasteiger partial charge is 0.191 e. The van der Waals surface area contributed by atoms with Crippen molar-refractivity contribution in [2.24, 2.45) is 4.99 Å². The average molecular weight is 313 g/mol. The van der Waals surface area contributed by atoms with Crippen molar-refractivity contribution in [1.29, 1.82) is 5.26 Å². The molecule has 0 saturated carbocycles. The van der Waals surface area contributed by atoms with Gasteiger partial charge in [-0.1, -0.05) is 19.1 Å². The van der Waals surface area contributed by atoms with E-state index in [0.29, 0.717) is 18.2 Å². The number of guanidine groups is 1. The summed E-state index contributed by atoms with van der Waals surface area (Å²) in [6.45, 7) is 6.48. The minimum Gasteiger partial charge on any atom is -0.354 e. The van der Waals surface area contributed by atoms with Crippen LogP contribution in [0, 0.1) is 11.3 Å². The Hall–Kier alpha value is -2.06. The molecule has 0 amide bonds. The molecule has 1 aromatic carbocycles. The number of hydrogen-bond acceptors (Lipinski definition) is 3. The van der Waals surface area contributed by atoms with Crippen LogP contribution in [0.4, 0.5) is 0 Å². The summed E-state index contributed by atoms with van der Waals surface area (Å²) in [4.78, 5) is 6.85. The van der Waals surface area contributed by atoms with Crippen LogP contribution in [0.25, 0.3) is 0 Å². The molecule has 2 rings (SSSR count). The van der Waals surface area contributed by atoms with Crippen LogP contribution in [0.15, 0.2) is 29.3 Å². The van der Waals surface area contributed by atoms with Gasteiger partial charge in [-0.3, -0.25) is 4.99 Å². The Morgan fingerprint density at radius 3 is 2.57 bits per heavy atom. The molecule has 0 radical (unpaired) electrons. The maximum atomic E-state index is 8.82. The van der Waals surface area contributed by atoms with Gasteiger partial charge >= 0.3 is 0 Å². The summed E-state index contributed by atoms with van der Waals surface area (Å²) in [5, 5.41) is 15.7. The predicted octanol–water partition coefficient (Wildman–Crippen LogP) is 2.10. The molecule has 0 unspecified atom stereocenters. The van der Waals surface area contributed by atoms with Crippen LogP contribution in [0.1, 0.15) is 37.3 Å². The molecule has 1 aromatic rings. The minimum absolute atomic E-state index is 0.496. The lowest BCUT2D eigenvalue weighted by molar-refractivity contribution is 0.206. The highest BCUT2D eigenvalue weighted by Gasteiger charge is 2.19. The van der Waals surface area contributed by atoms with Crippen LogP contribution in [-0.4, -0.2) is 43.6 Å². The van der Waals surface area contributed by atoms with Gasteiger partial charge in [-0.05, 0) is 43.5 Å². The summed E-state index contributed by atoms with van der Waals surface area (Å²) in [5.74, 6) is 0.850. The Morgan fingerprint density at radius 1 is 1.30 bits per heavy atom. The quantitative estimate of drug-likeness (QED) is 0.645. The molecule has 1 saturated heterocycles. The van der Waals surface area contributed by atoms with Crippen molar-refractivity contribution in [3.63, 3.8) is 0 Å². The normalized spacial score (nSPS) is 16.8. The van der Waals surface area contributed by atoms with Gasteiger partial charge < -0.3 is 15.5 Å². The zero-order valence-corrected chi connectivity index (χ0v) is 14.2. The standard InChI is InChI=1S/C18H27N5/c1-3-10-23-11-8-17(9-12-23)22-18(20-2)21-14-16-6-4-15(13-19)5-7-16/h4-7,17H,3,8-12,14H2,1-2H3,(H2,20,21,22). The molecule has 0 aromatic heterocycles. The molecule has 124 valence electrons. The maximum absolute atomic E-state index is 8.82. The van der Waals surface area contributed by atoms with Crippen molar-refractivity contribution in [3.05, 3.63) is 35.4 Å². The molecule has 0 spiro atoms. The van der Waals surface area contributed by atoms with Gasteiger partial charge in [0, 0.05) is 32.7 Å². The highest BCUT2D eigenvalue weighted by atomic mass is 15.2. The fourth-order valence-corrected chi connectivity index (χ4v) is 2.89. The van der Waals surface area contributed by atoms with E-state index in [2.05, 4.69) is 33.5 Å². The molecule has 0 aliphatic carbocycles. The van der Waals surface area contributed by atoms with Crippen LogP contribution < -0.4 is 10.6 Å². The van der Waals surface area contributed by atoms with Crippen LogP contribution >= 0.6 is 0 Å². The Balaban J connectivity index is 1.76. The number of rotatable bonds is 5. The van der Waals surface area contributed by atoms with E-state index in [-0.39, 0.29) is 0 Å². The number of likely N-dealkylation sites (tertiary alicyclic amines) is 1. The van der Waals surface area contributed by atoms with E-state index >= 15 is 0 Å². The zero-order valence-electron chi connectivity index (χ0n) is 14.2. The average Bonchev–Trinajstić information content (AvgIpc) is 2.60. The number of benzene rings is 1. The Kier molecular flexibility index (Phi) is 6.89. The zero-order chi connectivity index (χ0) is 16.5. The molecular weight excluding hydrogens is 286 g/mol. The van der Waals surface area contributed by atoms with Crippen molar-refractivity contribution >= 4 is 5.96 Å². The van der Waals surface area contributed by atoms with E-state index in [1.807, 2.05) is 24.3 Å². The third-order valence-corrected chi connectivity index (χ3v) is 4.23. The molecule has 0 bridgehead atoms. The summed E-state index contributed by atoms with van der Waals surface area (Å²) in [6.07, 6.45) is 3.56. The first-order valence-electron chi connectivity index (χ1n) is 8.43. The Bertz CT molecular complexity index is 536. The number of nitrogens with one attached hydrogen (secondary N) is 2. The molecule has 5 nitrogen and oxygen atoms in total. The van der Waals surface area contributed by atoms with Crippen LogP contribution in [0.3, 0.4) is 0 Å². The molecule has 1 aliphatic heterocycles. The number of hydrogen-bond donors (Lipinski definition) is 2. The fourth-order valence-electron chi connectivity index (χ4n) is 2.89. The summed E-state index contributed by atoms with van der Waals surface area (Å²) >= 11 is 0. The van der Waals surface area contributed by atoms with Crippen LogP contribution in [0.2, 0.25) is 0 Å². The summed E-state index contributed by atoms with van der Waals surface area (Å²) in [7, 11) is 1.81. The fraction of sp³-hybridized carbons (Fsp3) is 0.556. The predicted molar refractivity (Wildman–Crippen MR) is 94.2 cm³/mol. The van der Waals surface area contributed by atoms with E-state index in [0.717, 1.165) is 37.5 Å². The van der Waals surface area contributed by atoms with E-state index < -0.39 is 0 Å². The van der Waals surface area contributed by atoms with Crippen molar-refractivity contribution in [1.82, 2.24) is 15.5 Å². The number of nitrogens with zero attached hydrogens (tertiary/aromatic N) is 3. The second-order valence-electron chi connectivity index (χ2n) is 5.99. The van der Waals surface area contributed by atoms with Crippen molar-refractivity contribution in [3.8, 4) is 6.07 Å². The third-order valence-electron chi connectivity index (χ3n) is 4.23. The SMILES string of the molecule is CCCN1CCC(NC(=NC)NCc2ccc(C#N)cc2)CC1. The van der Waals surface area contributed by atoms with Crippen LogP contribution in [-0.2, 0) is 6.54 Å². The van der Waals surface area contributed by atoms with Crippen molar-refractivity contribution < 1.29 is 0 Å². The maximum Gasteiger partial charge on any atom is 0.191 e. The minimum atomic E-state index is 0.496. The summed E-state index contributed by atoms with van der Waals surface area (Å²) in [6, 6.07) is 10.3. The highest BCUT2D eigenvalue weighted by Crippen LogP contribution is 2.10. The largest absolute Gasteiger partial charge is 0.354 e. The second kappa shape index (κ2) is 9.16. The van der Waals surface area contributed by atoms with Crippen LogP contribution in [0.5, 0.6) is 0 Å². The Morgan fingerprint density at radius 2 is 2.00 bits per heavy atom. The van der Waals surface area contributed by atoms with Crippen molar-refractivity contribution in [2.75, 3.05) is 26.7 Å². The van der Waals surface area contributed by atoms with Gasteiger partial charge in [-0.2, -0.15) is 5.26 Å². The van der Waals surface area contributed by atoms with E-state index in [1.54, 1.807) is 7.05 Å². The van der Waals surface area contributed by atoms with Crippen molar-refractivity contribution in [2.45, 2.75) is 38.8 Å². The van der Waals surface area contributed by atoms with Gasteiger partial charge in [0.15, 0.2) is 5.96 Å². The molecule has 0 atom stereocenters. The van der Waals surface area contributed by atoms with Gasteiger partial charge in [0.25, 0.3) is 0 Å². The van der Waals surface area contributed by atoms with Gasteiger partial charge in [-0.15, -0.1) is 0 Å². The van der Waals surface area contributed by atoms with Gasteiger partial charge in [0.2, 0.25) is 0 Å². The van der Waals surface area contributed by atoms with Gasteiger partial charge in [0.05, 0.1) is 11.6 Å². The lowest BCUT2D eigenvalue weighted by Gasteiger charge is -2.32. The topological polar surface area (TPSA) is 63.4 Å².